The summed E-state index contributed by atoms with van der Waals surface area (Å²) in [5.41, 5.74) is -0.856. The Morgan fingerprint density at radius 3 is 1.79 bits per heavy atom. The van der Waals surface area contributed by atoms with Crippen LogP contribution in [-0.2, 0) is 0 Å². The van der Waals surface area contributed by atoms with E-state index in [0.29, 0.717) is 10.8 Å². The fourth-order valence-electron chi connectivity index (χ4n) is 1.71. The molecule has 6 heteroatoms. The second-order valence-corrected chi connectivity index (χ2v) is 3.79. The van der Waals surface area contributed by atoms with Crippen LogP contribution in [0, 0.1) is 6.07 Å². The maximum Gasteiger partial charge on any atom is 0.336 e. The van der Waals surface area contributed by atoms with E-state index in [9.17, 15) is 14.4 Å². The molecular formula is C13H7O6. The van der Waals surface area contributed by atoms with Gasteiger partial charge in [-0.25, -0.2) is 14.4 Å². The fraction of sp³-hybridized carbons (Fsp3) is 0. The first-order valence-corrected chi connectivity index (χ1v) is 5.09. The molecule has 0 aliphatic carbocycles. The monoisotopic (exact) mass is 259 g/mol. The van der Waals surface area contributed by atoms with Crippen molar-refractivity contribution in [1.82, 2.24) is 0 Å². The van der Waals surface area contributed by atoms with Crippen molar-refractivity contribution >= 4 is 28.7 Å². The molecule has 95 valence electrons. The molecule has 2 aromatic carbocycles. The number of carboxylic acid groups (broad SMARTS) is 3. The molecule has 0 heterocycles. The Kier molecular flexibility index (Phi) is 2.92. The van der Waals surface area contributed by atoms with Gasteiger partial charge in [-0.3, -0.25) is 0 Å². The van der Waals surface area contributed by atoms with Gasteiger partial charge in [0.05, 0.1) is 16.7 Å². The van der Waals surface area contributed by atoms with Gasteiger partial charge in [0.25, 0.3) is 0 Å². The highest BCUT2D eigenvalue weighted by atomic mass is 16.4. The molecule has 0 aliphatic rings. The SMILES string of the molecule is O=C(O)c1[c]cc2cc(C(=O)O)c(C(=O)O)cc2c1. The lowest BCUT2D eigenvalue weighted by Gasteiger charge is -2.05. The van der Waals surface area contributed by atoms with Crippen LogP contribution in [0.1, 0.15) is 31.1 Å². The van der Waals surface area contributed by atoms with Crippen molar-refractivity contribution in [3.05, 3.63) is 47.0 Å². The summed E-state index contributed by atoms with van der Waals surface area (Å²) in [6, 6.07) is 7.37. The molecule has 1 radical (unpaired) electrons. The van der Waals surface area contributed by atoms with Crippen molar-refractivity contribution in [2.75, 3.05) is 0 Å². The third kappa shape index (κ3) is 2.23. The standard InChI is InChI=1S/C13H7O6/c14-11(15)7-2-1-6-4-9(12(16)17)10(13(18)19)5-8(6)3-7/h1,3-5H,(H,14,15)(H,16,17)(H,18,19). The van der Waals surface area contributed by atoms with E-state index in [1.54, 1.807) is 0 Å². The summed E-state index contributed by atoms with van der Waals surface area (Å²) in [6.07, 6.45) is 0. The molecule has 0 saturated carbocycles. The van der Waals surface area contributed by atoms with E-state index >= 15 is 0 Å². The van der Waals surface area contributed by atoms with Crippen LogP contribution in [-0.4, -0.2) is 33.2 Å². The summed E-state index contributed by atoms with van der Waals surface area (Å²) < 4.78 is 0. The lowest BCUT2D eigenvalue weighted by Crippen LogP contribution is -2.08. The van der Waals surface area contributed by atoms with Gasteiger partial charge in [0.1, 0.15) is 0 Å². The summed E-state index contributed by atoms with van der Waals surface area (Å²) >= 11 is 0. The molecule has 2 rings (SSSR count). The molecule has 0 saturated heterocycles. The maximum atomic E-state index is 11.0. The average Bonchev–Trinajstić information content (AvgIpc) is 2.36. The van der Waals surface area contributed by atoms with E-state index in [4.69, 9.17) is 15.3 Å². The van der Waals surface area contributed by atoms with E-state index in [1.165, 1.54) is 18.2 Å². The summed E-state index contributed by atoms with van der Waals surface area (Å²) in [7, 11) is 0. The number of benzene rings is 2. The van der Waals surface area contributed by atoms with Crippen molar-refractivity contribution in [3.8, 4) is 0 Å². The largest absolute Gasteiger partial charge is 0.478 e. The molecule has 0 amide bonds. The molecule has 0 unspecified atom stereocenters. The summed E-state index contributed by atoms with van der Waals surface area (Å²) in [5.74, 6) is -3.94. The van der Waals surface area contributed by atoms with Gasteiger partial charge >= 0.3 is 17.9 Å². The highest BCUT2D eigenvalue weighted by molar-refractivity contribution is 6.07. The minimum Gasteiger partial charge on any atom is -0.478 e. The molecule has 6 nitrogen and oxygen atoms in total. The smallest absolute Gasteiger partial charge is 0.336 e. The van der Waals surface area contributed by atoms with Gasteiger partial charge in [-0.1, -0.05) is 0 Å². The van der Waals surface area contributed by atoms with Gasteiger partial charge in [0, 0.05) is 0 Å². The molecule has 0 atom stereocenters. The van der Waals surface area contributed by atoms with Gasteiger partial charge in [-0.15, -0.1) is 0 Å². The van der Waals surface area contributed by atoms with Crippen LogP contribution >= 0.6 is 0 Å². The van der Waals surface area contributed by atoms with Gasteiger partial charge in [0.2, 0.25) is 0 Å². The van der Waals surface area contributed by atoms with Gasteiger partial charge in [-0.05, 0) is 41.1 Å². The number of rotatable bonds is 3. The first kappa shape index (κ1) is 12.6. The van der Waals surface area contributed by atoms with Crippen LogP contribution < -0.4 is 0 Å². The van der Waals surface area contributed by atoms with Crippen LogP contribution in [0.25, 0.3) is 10.8 Å². The van der Waals surface area contributed by atoms with Crippen molar-refractivity contribution in [3.63, 3.8) is 0 Å². The molecule has 19 heavy (non-hydrogen) atoms. The molecule has 0 aliphatic heterocycles. The molecule has 3 N–H and O–H groups in total. The topological polar surface area (TPSA) is 112 Å². The Hall–Kier alpha value is -2.89. The molecule has 0 bridgehead atoms. The first-order valence-electron chi connectivity index (χ1n) is 5.09. The summed E-state index contributed by atoms with van der Waals surface area (Å²) in [5, 5.41) is 27.5. The van der Waals surface area contributed by atoms with Crippen LogP contribution in [0.2, 0.25) is 0 Å². The Labute approximate surface area is 106 Å². The third-order valence-electron chi connectivity index (χ3n) is 2.60. The average molecular weight is 259 g/mol. The lowest BCUT2D eigenvalue weighted by atomic mass is 9.99. The Morgan fingerprint density at radius 1 is 0.789 bits per heavy atom. The number of carbonyl (C=O) groups is 3. The van der Waals surface area contributed by atoms with Crippen molar-refractivity contribution < 1.29 is 29.7 Å². The van der Waals surface area contributed by atoms with E-state index in [2.05, 4.69) is 6.07 Å². The van der Waals surface area contributed by atoms with Crippen molar-refractivity contribution in [2.24, 2.45) is 0 Å². The van der Waals surface area contributed by atoms with Gasteiger partial charge in [-0.2, -0.15) is 0 Å². The van der Waals surface area contributed by atoms with Gasteiger partial charge < -0.3 is 15.3 Å². The van der Waals surface area contributed by atoms with E-state index in [1.807, 2.05) is 0 Å². The van der Waals surface area contributed by atoms with Crippen LogP contribution in [0.3, 0.4) is 0 Å². The normalized spacial score (nSPS) is 10.3. The number of hydrogen-bond acceptors (Lipinski definition) is 3. The molecule has 0 aromatic heterocycles. The van der Waals surface area contributed by atoms with Gasteiger partial charge in [0.15, 0.2) is 0 Å². The predicted molar refractivity (Wildman–Crippen MR) is 63.7 cm³/mol. The molecular weight excluding hydrogens is 252 g/mol. The zero-order valence-corrected chi connectivity index (χ0v) is 9.38. The molecule has 0 fully saturated rings. The molecule has 2 aromatic rings. The third-order valence-corrected chi connectivity index (χ3v) is 2.60. The second kappa shape index (κ2) is 4.41. The van der Waals surface area contributed by atoms with E-state index in [-0.39, 0.29) is 16.7 Å². The minimum atomic E-state index is -1.39. The van der Waals surface area contributed by atoms with Crippen molar-refractivity contribution in [2.45, 2.75) is 0 Å². The number of hydrogen-bond donors (Lipinski definition) is 3. The number of aromatic carboxylic acids is 3. The maximum absolute atomic E-state index is 11.0. The van der Waals surface area contributed by atoms with E-state index in [0.717, 1.165) is 6.07 Å². The lowest BCUT2D eigenvalue weighted by molar-refractivity contribution is 0.0652. The predicted octanol–water partition coefficient (Wildman–Crippen LogP) is 1.73. The van der Waals surface area contributed by atoms with Crippen molar-refractivity contribution in [1.29, 1.82) is 0 Å². The Bertz CT molecular complexity index is 716. The quantitative estimate of drug-likeness (QED) is 0.773. The highest BCUT2D eigenvalue weighted by Gasteiger charge is 2.17. The number of carboxylic acids is 3. The van der Waals surface area contributed by atoms with Crippen LogP contribution in [0.15, 0.2) is 24.3 Å². The zero-order valence-electron chi connectivity index (χ0n) is 9.38. The molecule has 0 spiro atoms. The van der Waals surface area contributed by atoms with E-state index < -0.39 is 17.9 Å². The van der Waals surface area contributed by atoms with Crippen LogP contribution in [0.4, 0.5) is 0 Å². The summed E-state index contributed by atoms with van der Waals surface area (Å²) in [6.45, 7) is 0. The summed E-state index contributed by atoms with van der Waals surface area (Å²) in [4.78, 5) is 32.8. The zero-order chi connectivity index (χ0) is 14.2. The Balaban J connectivity index is 2.77. The first-order chi connectivity index (χ1) is 8.90. The highest BCUT2D eigenvalue weighted by Crippen LogP contribution is 2.22. The van der Waals surface area contributed by atoms with Crippen LogP contribution in [0.5, 0.6) is 0 Å². The Morgan fingerprint density at radius 2 is 1.32 bits per heavy atom. The fourth-order valence-corrected chi connectivity index (χ4v) is 1.71. The number of fused-ring (bicyclic) bond motifs is 1. The second-order valence-electron chi connectivity index (χ2n) is 3.79. The minimum absolute atomic E-state index is 0.119.